The Balaban J connectivity index is 1.81. The lowest BCUT2D eigenvalue weighted by Gasteiger charge is -2.37. The van der Waals surface area contributed by atoms with Crippen LogP contribution in [-0.4, -0.2) is 36.7 Å². The molecule has 0 radical (unpaired) electrons. The van der Waals surface area contributed by atoms with Gasteiger partial charge in [0.25, 0.3) is 0 Å². The Kier molecular flexibility index (Phi) is 2.98. The zero-order chi connectivity index (χ0) is 10.9. The number of rotatable bonds is 2. The van der Waals surface area contributed by atoms with Crippen molar-refractivity contribution in [3.8, 4) is 0 Å². The highest BCUT2D eigenvalue weighted by molar-refractivity contribution is 5.78. The van der Waals surface area contributed by atoms with Gasteiger partial charge in [-0.25, -0.2) is 0 Å². The van der Waals surface area contributed by atoms with Crippen LogP contribution < -0.4 is 10.6 Å². The third-order valence-corrected chi connectivity index (χ3v) is 3.15. The molecular weight excluding hydrogens is 192 g/mol. The summed E-state index contributed by atoms with van der Waals surface area (Å²) in [6.07, 6.45) is 2.70. The molecule has 4 heteroatoms. The van der Waals surface area contributed by atoms with Crippen molar-refractivity contribution in [2.24, 2.45) is 0 Å². The molecule has 2 fully saturated rings. The standard InChI is InChI=1S/C11H20N2O2/c1-11(2)6-8(3-4-15-11)13-9-5-10(14)12-7-9/h8-9,13H,3-7H2,1-2H3,(H,12,14). The summed E-state index contributed by atoms with van der Waals surface area (Å²) in [6, 6.07) is 0.808. The molecule has 4 nitrogen and oxygen atoms in total. The van der Waals surface area contributed by atoms with E-state index in [-0.39, 0.29) is 11.5 Å². The average Bonchev–Trinajstić information content (AvgIpc) is 2.49. The lowest BCUT2D eigenvalue weighted by Crippen LogP contribution is -2.47. The zero-order valence-corrected chi connectivity index (χ0v) is 9.51. The summed E-state index contributed by atoms with van der Waals surface area (Å²) in [5.74, 6) is 0.166. The van der Waals surface area contributed by atoms with Crippen molar-refractivity contribution in [2.45, 2.75) is 50.8 Å². The van der Waals surface area contributed by atoms with Gasteiger partial charge in [-0.15, -0.1) is 0 Å². The van der Waals surface area contributed by atoms with E-state index in [1.807, 2.05) is 0 Å². The van der Waals surface area contributed by atoms with E-state index in [4.69, 9.17) is 4.74 Å². The predicted octanol–water partition coefficient (Wildman–Crippen LogP) is 0.422. The van der Waals surface area contributed by atoms with Crippen LogP contribution >= 0.6 is 0 Å². The highest BCUT2D eigenvalue weighted by Gasteiger charge is 2.31. The molecule has 15 heavy (non-hydrogen) atoms. The van der Waals surface area contributed by atoms with Gasteiger partial charge in [0.1, 0.15) is 0 Å². The van der Waals surface area contributed by atoms with Gasteiger partial charge in [-0.2, -0.15) is 0 Å². The summed E-state index contributed by atoms with van der Waals surface area (Å²) >= 11 is 0. The molecule has 2 rings (SSSR count). The topological polar surface area (TPSA) is 50.4 Å². The third-order valence-electron chi connectivity index (χ3n) is 3.15. The maximum atomic E-state index is 11.0. The van der Waals surface area contributed by atoms with Crippen LogP contribution in [0, 0.1) is 0 Å². The second-order valence-electron chi connectivity index (χ2n) is 5.17. The van der Waals surface area contributed by atoms with Crippen LogP contribution in [0.4, 0.5) is 0 Å². The number of carbonyl (C=O) groups is 1. The first-order valence-electron chi connectivity index (χ1n) is 5.72. The van der Waals surface area contributed by atoms with E-state index in [0.29, 0.717) is 18.5 Å². The van der Waals surface area contributed by atoms with E-state index >= 15 is 0 Å². The monoisotopic (exact) mass is 212 g/mol. The molecule has 0 aliphatic carbocycles. The predicted molar refractivity (Wildman–Crippen MR) is 57.6 cm³/mol. The SMILES string of the molecule is CC1(C)CC(NC2CNC(=O)C2)CCO1. The maximum Gasteiger partial charge on any atom is 0.221 e. The third kappa shape index (κ3) is 2.92. The van der Waals surface area contributed by atoms with Gasteiger partial charge in [-0.3, -0.25) is 4.79 Å². The van der Waals surface area contributed by atoms with Crippen LogP contribution in [0.1, 0.15) is 33.1 Å². The Labute approximate surface area is 90.8 Å². The van der Waals surface area contributed by atoms with Crippen LogP contribution in [0.25, 0.3) is 0 Å². The fourth-order valence-electron chi connectivity index (χ4n) is 2.43. The first kappa shape index (κ1) is 10.9. The first-order valence-corrected chi connectivity index (χ1v) is 5.72. The molecule has 2 atom stereocenters. The molecule has 0 spiro atoms. The van der Waals surface area contributed by atoms with Crippen LogP contribution in [-0.2, 0) is 9.53 Å². The van der Waals surface area contributed by atoms with Crippen LogP contribution in [0.3, 0.4) is 0 Å². The molecule has 0 aromatic carbocycles. The Hall–Kier alpha value is -0.610. The highest BCUT2D eigenvalue weighted by Crippen LogP contribution is 2.24. The molecule has 2 aliphatic rings. The second-order valence-corrected chi connectivity index (χ2v) is 5.17. The largest absolute Gasteiger partial charge is 0.375 e. The number of amides is 1. The highest BCUT2D eigenvalue weighted by atomic mass is 16.5. The van der Waals surface area contributed by atoms with Crippen molar-refractivity contribution in [3.05, 3.63) is 0 Å². The molecule has 2 saturated heterocycles. The zero-order valence-electron chi connectivity index (χ0n) is 9.51. The van der Waals surface area contributed by atoms with Gasteiger partial charge < -0.3 is 15.4 Å². The minimum atomic E-state index is -0.0219. The molecule has 0 aromatic heterocycles. The number of hydrogen-bond acceptors (Lipinski definition) is 3. The summed E-state index contributed by atoms with van der Waals surface area (Å²) < 4.78 is 5.66. The van der Waals surface area contributed by atoms with E-state index in [2.05, 4.69) is 24.5 Å². The van der Waals surface area contributed by atoms with Crippen molar-refractivity contribution in [2.75, 3.05) is 13.2 Å². The quantitative estimate of drug-likeness (QED) is 0.697. The average molecular weight is 212 g/mol. The molecule has 0 aromatic rings. The summed E-state index contributed by atoms with van der Waals surface area (Å²) in [5.41, 5.74) is -0.0219. The number of ether oxygens (including phenoxy) is 1. The van der Waals surface area contributed by atoms with Gasteiger partial charge in [0.05, 0.1) is 5.60 Å². The van der Waals surface area contributed by atoms with Gasteiger partial charge in [0.15, 0.2) is 0 Å². The van der Waals surface area contributed by atoms with Crippen molar-refractivity contribution in [1.29, 1.82) is 0 Å². The van der Waals surface area contributed by atoms with Crippen molar-refractivity contribution in [3.63, 3.8) is 0 Å². The van der Waals surface area contributed by atoms with Gasteiger partial charge in [0, 0.05) is 31.7 Å². The van der Waals surface area contributed by atoms with Crippen molar-refractivity contribution >= 4 is 5.91 Å². The second kappa shape index (κ2) is 4.10. The van der Waals surface area contributed by atoms with E-state index in [0.717, 1.165) is 26.0 Å². The number of carbonyl (C=O) groups excluding carboxylic acids is 1. The Bertz CT molecular complexity index is 253. The Morgan fingerprint density at radius 1 is 1.47 bits per heavy atom. The lowest BCUT2D eigenvalue weighted by molar-refractivity contribution is -0.119. The minimum Gasteiger partial charge on any atom is -0.375 e. The fourth-order valence-corrected chi connectivity index (χ4v) is 2.43. The van der Waals surface area contributed by atoms with Crippen LogP contribution in [0.5, 0.6) is 0 Å². The molecule has 2 aliphatic heterocycles. The van der Waals surface area contributed by atoms with Gasteiger partial charge >= 0.3 is 0 Å². The van der Waals surface area contributed by atoms with E-state index in [9.17, 15) is 4.79 Å². The number of hydrogen-bond donors (Lipinski definition) is 2. The molecule has 1 amide bonds. The van der Waals surface area contributed by atoms with E-state index in [1.54, 1.807) is 0 Å². The minimum absolute atomic E-state index is 0.0219. The van der Waals surface area contributed by atoms with Crippen LogP contribution in [0.15, 0.2) is 0 Å². The van der Waals surface area contributed by atoms with Gasteiger partial charge in [-0.05, 0) is 26.7 Å². The summed E-state index contributed by atoms with van der Waals surface area (Å²) in [6.45, 7) is 5.84. The smallest absolute Gasteiger partial charge is 0.221 e. The normalized spacial score (nSPS) is 35.2. The fraction of sp³-hybridized carbons (Fsp3) is 0.909. The number of nitrogens with one attached hydrogen (secondary N) is 2. The molecule has 0 bridgehead atoms. The molecule has 2 unspecified atom stereocenters. The Morgan fingerprint density at radius 2 is 2.27 bits per heavy atom. The van der Waals surface area contributed by atoms with Crippen LogP contribution in [0.2, 0.25) is 0 Å². The molecule has 0 saturated carbocycles. The molecule has 86 valence electrons. The molecule has 2 N–H and O–H groups in total. The first-order chi connectivity index (χ1) is 7.05. The van der Waals surface area contributed by atoms with E-state index in [1.165, 1.54) is 0 Å². The van der Waals surface area contributed by atoms with Crippen molar-refractivity contribution < 1.29 is 9.53 Å². The lowest BCUT2D eigenvalue weighted by atomic mass is 9.93. The summed E-state index contributed by atoms with van der Waals surface area (Å²) in [5, 5.41) is 6.39. The van der Waals surface area contributed by atoms with E-state index < -0.39 is 0 Å². The van der Waals surface area contributed by atoms with Crippen molar-refractivity contribution in [1.82, 2.24) is 10.6 Å². The summed E-state index contributed by atoms with van der Waals surface area (Å²) in [7, 11) is 0. The van der Waals surface area contributed by atoms with Gasteiger partial charge in [0.2, 0.25) is 5.91 Å². The Morgan fingerprint density at radius 3 is 2.87 bits per heavy atom. The maximum absolute atomic E-state index is 11.0. The molecular formula is C11H20N2O2. The summed E-state index contributed by atoms with van der Waals surface area (Å²) in [4.78, 5) is 11.0. The van der Waals surface area contributed by atoms with Gasteiger partial charge in [-0.1, -0.05) is 0 Å². The molecule has 2 heterocycles.